The fourth-order valence-electron chi connectivity index (χ4n) is 2.38. The molecule has 0 saturated carbocycles. The Morgan fingerprint density at radius 2 is 1.54 bits per heavy atom. The first-order valence-corrected chi connectivity index (χ1v) is 8.39. The molecule has 0 aliphatic carbocycles. The van der Waals surface area contributed by atoms with Gasteiger partial charge in [-0.05, 0) is 42.5 Å². The molecule has 0 saturated heterocycles. The number of halogens is 1. The first-order valence-electron chi connectivity index (χ1n) is 8.01. The molecule has 5 nitrogen and oxygen atoms in total. The van der Waals surface area contributed by atoms with Crippen molar-refractivity contribution >= 4 is 34.8 Å². The maximum Gasteiger partial charge on any atom is 0.290 e. The van der Waals surface area contributed by atoms with Crippen LogP contribution in [0.25, 0.3) is 0 Å². The highest BCUT2D eigenvalue weighted by Gasteiger charge is 2.14. The SMILES string of the molecule is O=C(C[n+]1cccc(C(=O)Nc2ccc(Cl)cc2)c1)Nc1ccccc1. The van der Waals surface area contributed by atoms with Gasteiger partial charge in [-0.3, -0.25) is 9.59 Å². The number of aromatic nitrogens is 1. The van der Waals surface area contributed by atoms with E-state index in [0.717, 1.165) is 5.69 Å². The lowest BCUT2D eigenvalue weighted by Gasteiger charge is -2.05. The number of hydrogen-bond acceptors (Lipinski definition) is 2. The molecular formula is C20H17ClN3O2+. The minimum Gasteiger partial charge on any atom is -0.322 e. The predicted octanol–water partition coefficient (Wildman–Crippen LogP) is 3.52. The van der Waals surface area contributed by atoms with Gasteiger partial charge in [0.2, 0.25) is 6.54 Å². The molecular weight excluding hydrogens is 350 g/mol. The van der Waals surface area contributed by atoms with Gasteiger partial charge in [-0.25, -0.2) is 0 Å². The maximum atomic E-state index is 12.4. The van der Waals surface area contributed by atoms with Gasteiger partial charge in [0, 0.05) is 22.5 Å². The van der Waals surface area contributed by atoms with Gasteiger partial charge in [0.15, 0.2) is 12.4 Å². The first kappa shape index (κ1) is 17.6. The smallest absolute Gasteiger partial charge is 0.290 e. The van der Waals surface area contributed by atoms with Crippen molar-refractivity contribution in [1.29, 1.82) is 0 Å². The van der Waals surface area contributed by atoms with Gasteiger partial charge in [0.05, 0.1) is 0 Å². The second-order valence-corrected chi connectivity index (χ2v) is 6.08. The van der Waals surface area contributed by atoms with E-state index in [1.807, 2.05) is 30.3 Å². The van der Waals surface area contributed by atoms with E-state index in [1.54, 1.807) is 53.4 Å². The lowest BCUT2D eigenvalue weighted by atomic mass is 10.2. The number of rotatable bonds is 5. The van der Waals surface area contributed by atoms with Gasteiger partial charge in [0.25, 0.3) is 11.8 Å². The molecule has 2 amide bonds. The third kappa shape index (κ3) is 4.91. The molecule has 1 aromatic heterocycles. The lowest BCUT2D eigenvalue weighted by Crippen LogP contribution is -2.40. The molecule has 0 unspecified atom stereocenters. The number of nitrogens with one attached hydrogen (secondary N) is 2. The third-order valence-corrected chi connectivity index (χ3v) is 3.86. The topological polar surface area (TPSA) is 62.1 Å². The number of amides is 2. The van der Waals surface area contributed by atoms with E-state index in [1.165, 1.54) is 0 Å². The van der Waals surface area contributed by atoms with Crippen LogP contribution in [0, 0.1) is 0 Å². The molecule has 1 heterocycles. The van der Waals surface area contributed by atoms with Gasteiger partial charge in [-0.1, -0.05) is 29.8 Å². The van der Waals surface area contributed by atoms with Crippen LogP contribution in [-0.2, 0) is 11.3 Å². The first-order chi connectivity index (χ1) is 12.6. The monoisotopic (exact) mass is 366 g/mol. The summed E-state index contributed by atoms with van der Waals surface area (Å²) < 4.78 is 1.66. The minimum atomic E-state index is -0.259. The summed E-state index contributed by atoms with van der Waals surface area (Å²) in [6, 6.07) is 19.5. The van der Waals surface area contributed by atoms with E-state index in [2.05, 4.69) is 10.6 Å². The number of benzene rings is 2. The molecule has 0 aliphatic rings. The average molecular weight is 367 g/mol. The van der Waals surface area contributed by atoms with Crippen molar-refractivity contribution in [3.05, 3.63) is 89.7 Å². The molecule has 0 radical (unpaired) electrons. The molecule has 0 fully saturated rings. The Morgan fingerprint density at radius 3 is 2.27 bits per heavy atom. The molecule has 0 bridgehead atoms. The van der Waals surface area contributed by atoms with Crippen LogP contribution < -0.4 is 15.2 Å². The number of hydrogen-bond donors (Lipinski definition) is 2. The summed E-state index contributed by atoms with van der Waals surface area (Å²) >= 11 is 5.84. The zero-order chi connectivity index (χ0) is 18.4. The summed E-state index contributed by atoms with van der Waals surface area (Å²) in [6.45, 7) is 0.108. The van der Waals surface area contributed by atoms with Gasteiger partial charge in [-0.2, -0.15) is 4.57 Å². The average Bonchev–Trinajstić information content (AvgIpc) is 2.64. The van der Waals surface area contributed by atoms with Crippen molar-refractivity contribution in [1.82, 2.24) is 0 Å². The molecule has 3 aromatic rings. The summed E-state index contributed by atoms with van der Waals surface area (Å²) in [5.41, 5.74) is 1.83. The second-order valence-electron chi connectivity index (χ2n) is 5.64. The van der Waals surface area contributed by atoms with Gasteiger partial charge < -0.3 is 10.6 Å². The number of nitrogens with zero attached hydrogens (tertiary/aromatic N) is 1. The van der Waals surface area contributed by atoms with E-state index in [9.17, 15) is 9.59 Å². The maximum absolute atomic E-state index is 12.4. The highest BCUT2D eigenvalue weighted by Crippen LogP contribution is 2.14. The fraction of sp³-hybridized carbons (Fsp3) is 0.0500. The molecule has 26 heavy (non-hydrogen) atoms. The quantitative estimate of drug-likeness (QED) is 0.679. The zero-order valence-corrected chi connectivity index (χ0v) is 14.6. The molecule has 6 heteroatoms. The van der Waals surface area contributed by atoms with Gasteiger partial charge >= 0.3 is 0 Å². The number of carbonyl (C=O) groups excluding carboxylic acids is 2. The number of anilines is 2. The van der Waals surface area contributed by atoms with Gasteiger partial charge in [-0.15, -0.1) is 0 Å². The Hall–Kier alpha value is -3.18. The molecule has 0 spiro atoms. The number of carbonyl (C=O) groups is 2. The van der Waals surface area contributed by atoms with Crippen LogP contribution in [0.2, 0.25) is 5.02 Å². The number of pyridine rings is 1. The minimum absolute atomic E-state index is 0.108. The number of para-hydroxylation sites is 1. The van der Waals surface area contributed by atoms with Crippen molar-refractivity contribution in [2.24, 2.45) is 0 Å². The summed E-state index contributed by atoms with van der Waals surface area (Å²) in [6.07, 6.45) is 3.37. The van der Waals surface area contributed by atoms with Crippen LogP contribution in [0.15, 0.2) is 79.1 Å². The largest absolute Gasteiger partial charge is 0.322 e. The summed E-state index contributed by atoms with van der Waals surface area (Å²) in [5.74, 6) is -0.429. The van der Waals surface area contributed by atoms with Crippen molar-refractivity contribution < 1.29 is 14.2 Å². The van der Waals surface area contributed by atoms with Crippen molar-refractivity contribution in [3.63, 3.8) is 0 Å². The Kier molecular flexibility index (Phi) is 5.61. The second kappa shape index (κ2) is 8.27. The predicted molar refractivity (Wildman–Crippen MR) is 101 cm³/mol. The van der Waals surface area contributed by atoms with E-state index in [0.29, 0.717) is 16.3 Å². The summed E-state index contributed by atoms with van der Waals surface area (Å²) in [4.78, 5) is 24.5. The normalized spacial score (nSPS) is 10.2. The van der Waals surface area contributed by atoms with E-state index in [-0.39, 0.29) is 18.4 Å². The van der Waals surface area contributed by atoms with Crippen molar-refractivity contribution in [2.45, 2.75) is 6.54 Å². The van der Waals surface area contributed by atoms with Gasteiger partial charge in [0.1, 0.15) is 5.56 Å². The Balaban J connectivity index is 1.64. The van der Waals surface area contributed by atoms with Crippen LogP contribution >= 0.6 is 11.6 Å². The van der Waals surface area contributed by atoms with E-state index >= 15 is 0 Å². The highest BCUT2D eigenvalue weighted by molar-refractivity contribution is 6.30. The summed E-state index contributed by atoms with van der Waals surface area (Å²) in [7, 11) is 0. The van der Waals surface area contributed by atoms with E-state index in [4.69, 9.17) is 11.6 Å². The van der Waals surface area contributed by atoms with Crippen LogP contribution in [0.3, 0.4) is 0 Å². The zero-order valence-electron chi connectivity index (χ0n) is 13.9. The Bertz CT molecular complexity index is 912. The van der Waals surface area contributed by atoms with Crippen molar-refractivity contribution in [2.75, 3.05) is 10.6 Å². The van der Waals surface area contributed by atoms with E-state index < -0.39 is 0 Å². The third-order valence-electron chi connectivity index (χ3n) is 3.61. The van der Waals surface area contributed by atoms with Crippen LogP contribution in [0.1, 0.15) is 10.4 Å². The Labute approximate surface area is 156 Å². The Morgan fingerprint density at radius 1 is 0.846 bits per heavy atom. The molecule has 0 aliphatic heterocycles. The van der Waals surface area contributed by atoms with Crippen molar-refractivity contribution in [3.8, 4) is 0 Å². The molecule has 0 atom stereocenters. The molecule has 2 aromatic carbocycles. The van der Waals surface area contributed by atoms with Crippen LogP contribution in [0.4, 0.5) is 11.4 Å². The molecule has 3 rings (SSSR count). The molecule has 2 N–H and O–H groups in total. The highest BCUT2D eigenvalue weighted by atomic mass is 35.5. The van der Waals surface area contributed by atoms with Crippen LogP contribution in [0.5, 0.6) is 0 Å². The molecule has 130 valence electrons. The fourth-order valence-corrected chi connectivity index (χ4v) is 2.50. The standard InChI is InChI=1S/C20H16ClN3O2/c21-16-8-10-18(11-9-16)23-20(26)15-5-4-12-24(13-15)14-19(25)22-17-6-2-1-3-7-17/h1-13H,14H2,(H-,22,23,25,26)/p+1. The lowest BCUT2D eigenvalue weighted by molar-refractivity contribution is -0.684. The van der Waals surface area contributed by atoms with Crippen LogP contribution in [-0.4, -0.2) is 11.8 Å². The summed E-state index contributed by atoms with van der Waals surface area (Å²) in [5, 5.41) is 6.21.